The molecule has 5 heteroatoms. The summed E-state index contributed by atoms with van der Waals surface area (Å²) in [6, 6.07) is 1.08. The Morgan fingerprint density at radius 3 is 2.50 bits per heavy atom. The second-order valence-corrected chi connectivity index (χ2v) is 3.68. The van der Waals surface area contributed by atoms with Crippen molar-refractivity contribution in [1.29, 1.82) is 0 Å². The molecule has 0 bridgehead atoms. The minimum absolute atomic E-state index is 0.0373. The smallest absolute Gasteiger partial charge is 0.136 e. The molecule has 0 saturated heterocycles. The molecule has 0 heterocycles. The largest absolute Gasteiger partial charge is 0.360 e. The Morgan fingerprint density at radius 1 is 1.33 bits per heavy atom. The minimum atomic E-state index is -0.0373. The molecular weight excluding hydrogens is 172 g/mol. The number of ether oxygens (including phenoxy) is 2. The molecule has 12 heavy (non-hydrogen) atoms. The predicted octanol–water partition coefficient (Wildman–Crippen LogP) is -0.766. The molecule has 0 amide bonds. The lowest BCUT2D eigenvalue weighted by molar-refractivity contribution is -0.0440. The maximum absolute atomic E-state index is 5.31. The summed E-state index contributed by atoms with van der Waals surface area (Å²) < 4.78 is 10.1. The molecule has 2 radical (unpaired) electrons. The SMILES string of the molecule is COC(OC)[Si]CCNCCN. The minimum Gasteiger partial charge on any atom is -0.360 e. The van der Waals surface area contributed by atoms with E-state index in [-0.39, 0.29) is 5.91 Å². The van der Waals surface area contributed by atoms with Gasteiger partial charge in [-0.05, 0) is 12.6 Å². The number of hydrogen-bond donors (Lipinski definition) is 2. The van der Waals surface area contributed by atoms with E-state index < -0.39 is 0 Å². The molecule has 0 saturated carbocycles. The van der Waals surface area contributed by atoms with Crippen LogP contribution in [0, 0.1) is 0 Å². The first kappa shape index (κ1) is 12.1. The van der Waals surface area contributed by atoms with Crippen molar-refractivity contribution in [3.8, 4) is 0 Å². The lowest BCUT2D eigenvalue weighted by atomic mass is 10.6. The zero-order valence-electron chi connectivity index (χ0n) is 7.80. The summed E-state index contributed by atoms with van der Waals surface area (Å²) in [7, 11) is 4.01. The van der Waals surface area contributed by atoms with E-state index in [4.69, 9.17) is 15.2 Å². The normalized spacial score (nSPS) is 11.0. The van der Waals surface area contributed by atoms with Crippen molar-refractivity contribution < 1.29 is 9.47 Å². The summed E-state index contributed by atoms with van der Waals surface area (Å²) in [6.07, 6.45) is 0. The number of rotatable bonds is 8. The van der Waals surface area contributed by atoms with Gasteiger partial charge in [0.2, 0.25) is 0 Å². The first-order valence-electron chi connectivity index (χ1n) is 4.05. The summed E-state index contributed by atoms with van der Waals surface area (Å²) in [6.45, 7) is 2.56. The highest BCUT2D eigenvalue weighted by Crippen LogP contribution is 1.90. The van der Waals surface area contributed by atoms with Crippen molar-refractivity contribution in [2.75, 3.05) is 33.9 Å². The first-order chi connectivity index (χ1) is 5.85. The molecule has 0 aliphatic heterocycles. The quantitative estimate of drug-likeness (QED) is 0.300. The fourth-order valence-corrected chi connectivity index (χ4v) is 1.66. The Kier molecular flexibility index (Phi) is 9.19. The second kappa shape index (κ2) is 9.15. The van der Waals surface area contributed by atoms with Crippen LogP contribution in [-0.2, 0) is 9.47 Å². The Bertz CT molecular complexity index is 91.5. The molecule has 0 unspecified atom stereocenters. The van der Waals surface area contributed by atoms with E-state index in [1.807, 2.05) is 0 Å². The molecule has 0 aromatic rings. The van der Waals surface area contributed by atoms with Gasteiger partial charge in [0.05, 0.1) is 0 Å². The summed E-state index contributed by atoms with van der Waals surface area (Å²) in [5.74, 6) is -0.0373. The molecule has 0 aliphatic carbocycles. The maximum atomic E-state index is 5.31. The Labute approximate surface area is 76.6 Å². The van der Waals surface area contributed by atoms with E-state index >= 15 is 0 Å². The van der Waals surface area contributed by atoms with Crippen molar-refractivity contribution in [2.24, 2.45) is 5.73 Å². The first-order valence-corrected chi connectivity index (χ1v) is 5.33. The van der Waals surface area contributed by atoms with E-state index in [1.54, 1.807) is 14.2 Å². The Balaban J connectivity index is 3.06. The third-order valence-electron chi connectivity index (χ3n) is 1.36. The summed E-state index contributed by atoms with van der Waals surface area (Å²) >= 11 is 0. The van der Waals surface area contributed by atoms with Crippen LogP contribution in [0.25, 0.3) is 0 Å². The monoisotopic (exact) mass is 190 g/mol. The molecule has 0 fully saturated rings. The van der Waals surface area contributed by atoms with Gasteiger partial charge in [-0.25, -0.2) is 0 Å². The van der Waals surface area contributed by atoms with Gasteiger partial charge in [0, 0.05) is 27.3 Å². The number of methoxy groups -OCH3 is 2. The fourth-order valence-electron chi connectivity index (χ4n) is 0.768. The van der Waals surface area contributed by atoms with Gasteiger partial charge in [0.15, 0.2) is 0 Å². The maximum Gasteiger partial charge on any atom is 0.136 e. The van der Waals surface area contributed by atoms with Crippen molar-refractivity contribution in [3.63, 3.8) is 0 Å². The Hall–Kier alpha value is 0.0569. The zero-order chi connectivity index (χ0) is 9.23. The van der Waals surface area contributed by atoms with Gasteiger partial charge in [0.1, 0.15) is 15.4 Å². The van der Waals surface area contributed by atoms with Gasteiger partial charge in [-0.2, -0.15) is 0 Å². The summed E-state index contributed by atoms with van der Waals surface area (Å²) in [4.78, 5) is 0. The van der Waals surface area contributed by atoms with Crippen LogP contribution in [0.2, 0.25) is 6.04 Å². The zero-order valence-corrected chi connectivity index (χ0v) is 8.80. The molecule has 4 nitrogen and oxygen atoms in total. The predicted molar refractivity (Wildman–Crippen MR) is 50.3 cm³/mol. The molecule has 3 N–H and O–H groups in total. The van der Waals surface area contributed by atoms with E-state index in [9.17, 15) is 0 Å². The molecule has 0 atom stereocenters. The van der Waals surface area contributed by atoms with Crippen LogP contribution < -0.4 is 11.1 Å². The standard InChI is InChI=1S/C7H18N2O2Si/c1-10-7(11-2)12-6-5-9-4-3-8/h7,9H,3-6,8H2,1-2H3. The van der Waals surface area contributed by atoms with Crippen molar-refractivity contribution in [1.82, 2.24) is 5.32 Å². The highest BCUT2D eigenvalue weighted by atomic mass is 28.2. The Morgan fingerprint density at radius 2 is 2.00 bits per heavy atom. The van der Waals surface area contributed by atoms with Crippen LogP contribution in [0.1, 0.15) is 0 Å². The topological polar surface area (TPSA) is 56.5 Å². The van der Waals surface area contributed by atoms with Crippen molar-refractivity contribution in [3.05, 3.63) is 0 Å². The number of nitrogens with two attached hydrogens (primary N) is 1. The van der Waals surface area contributed by atoms with Crippen LogP contribution in [0.4, 0.5) is 0 Å². The molecular formula is C7H18N2O2Si. The van der Waals surface area contributed by atoms with E-state index in [0.29, 0.717) is 16.1 Å². The second-order valence-electron chi connectivity index (χ2n) is 2.30. The van der Waals surface area contributed by atoms with Gasteiger partial charge < -0.3 is 20.5 Å². The average Bonchev–Trinajstić information content (AvgIpc) is 2.11. The number of hydrogen-bond acceptors (Lipinski definition) is 4. The molecule has 0 aliphatic rings. The van der Waals surface area contributed by atoms with Crippen LogP contribution in [0.5, 0.6) is 0 Å². The molecule has 72 valence electrons. The average molecular weight is 190 g/mol. The van der Waals surface area contributed by atoms with Crippen LogP contribution in [0.3, 0.4) is 0 Å². The molecule has 0 rings (SSSR count). The van der Waals surface area contributed by atoms with E-state index in [1.165, 1.54) is 0 Å². The number of nitrogens with one attached hydrogen (secondary N) is 1. The van der Waals surface area contributed by atoms with Gasteiger partial charge in [0.25, 0.3) is 0 Å². The van der Waals surface area contributed by atoms with Crippen molar-refractivity contribution >= 4 is 9.52 Å². The van der Waals surface area contributed by atoms with Gasteiger partial charge in [-0.1, -0.05) is 0 Å². The molecule has 0 spiro atoms. The van der Waals surface area contributed by atoms with Gasteiger partial charge in [-0.15, -0.1) is 0 Å². The third kappa shape index (κ3) is 6.75. The van der Waals surface area contributed by atoms with Crippen molar-refractivity contribution in [2.45, 2.75) is 12.0 Å². The lowest BCUT2D eigenvalue weighted by Crippen LogP contribution is -2.27. The fraction of sp³-hybridized carbons (Fsp3) is 1.00. The van der Waals surface area contributed by atoms with Gasteiger partial charge >= 0.3 is 0 Å². The summed E-state index contributed by atoms with van der Waals surface area (Å²) in [5.41, 5.74) is 5.31. The highest BCUT2D eigenvalue weighted by molar-refractivity contribution is 6.36. The van der Waals surface area contributed by atoms with Crippen LogP contribution in [-0.4, -0.2) is 49.3 Å². The highest BCUT2D eigenvalue weighted by Gasteiger charge is 2.04. The van der Waals surface area contributed by atoms with Gasteiger partial charge in [-0.3, -0.25) is 0 Å². The van der Waals surface area contributed by atoms with E-state index in [0.717, 1.165) is 19.1 Å². The third-order valence-corrected chi connectivity index (χ3v) is 2.71. The molecule has 0 aromatic carbocycles. The van der Waals surface area contributed by atoms with Crippen LogP contribution >= 0.6 is 0 Å². The van der Waals surface area contributed by atoms with Crippen LogP contribution in [0.15, 0.2) is 0 Å². The molecule has 0 aromatic heterocycles. The lowest BCUT2D eigenvalue weighted by Gasteiger charge is -2.11. The summed E-state index contributed by atoms with van der Waals surface area (Å²) in [5, 5.41) is 3.21. The van der Waals surface area contributed by atoms with E-state index in [2.05, 4.69) is 5.32 Å².